The van der Waals surface area contributed by atoms with Gasteiger partial charge in [0.2, 0.25) is 0 Å². The zero-order valence-electron chi connectivity index (χ0n) is 13.8. The van der Waals surface area contributed by atoms with Gasteiger partial charge in [0.05, 0.1) is 12.6 Å². The number of nitrogens with zero attached hydrogens (tertiary/aromatic N) is 1. The van der Waals surface area contributed by atoms with E-state index in [1.807, 2.05) is 6.07 Å². The van der Waals surface area contributed by atoms with Gasteiger partial charge in [0.25, 0.3) is 5.91 Å². The number of rotatable bonds is 5. The van der Waals surface area contributed by atoms with Crippen LogP contribution in [-0.2, 0) is 10.3 Å². The van der Waals surface area contributed by atoms with E-state index in [1.54, 1.807) is 31.2 Å². The quantitative estimate of drug-likeness (QED) is 0.821. The molecule has 0 aromatic heterocycles. The number of β-amino-alcohol motifs (C(OH)–C–C–N with tert-alkyl or cyclic N) is 1. The normalized spacial score (nSPS) is 21.3. The average Bonchev–Trinajstić information content (AvgIpc) is 2.88. The summed E-state index contributed by atoms with van der Waals surface area (Å²) < 4.78 is 13.2. The minimum absolute atomic E-state index is 0.141. The molecule has 0 aliphatic carbocycles. The molecule has 0 unspecified atom stereocenters. The number of imide groups is 1. The molecule has 2 atom stereocenters. The summed E-state index contributed by atoms with van der Waals surface area (Å²) >= 11 is 0. The van der Waals surface area contributed by atoms with Crippen molar-refractivity contribution in [3.8, 4) is 0 Å². The summed E-state index contributed by atoms with van der Waals surface area (Å²) in [5, 5.41) is 13.1. The second-order valence-corrected chi connectivity index (χ2v) is 6.04. The summed E-state index contributed by atoms with van der Waals surface area (Å²) in [5.41, 5.74) is -0.0911. The zero-order chi connectivity index (χ0) is 18.0. The molecule has 0 saturated carbocycles. The van der Waals surface area contributed by atoms with Crippen LogP contribution < -0.4 is 5.32 Å². The minimum atomic E-state index is -1.23. The molecule has 1 fully saturated rings. The molecule has 1 aliphatic heterocycles. The molecule has 0 radical (unpaired) electrons. The van der Waals surface area contributed by atoms with Crippen molar-refractivity contribution in [3.05, 3.63) is 71.5 Å². The van der Waals surface area contributed by atoms with E-state index < -0.39 is 29.4 Å². The lowest BCUT2D eigenvalue weighted by molar-refractivity contribution is -0.132. The van der Waals surface area contributed by atoms with Crippen LogP contribution in [0.4, 0.5) is 9.18 Å². The van der Waals surface area contributed by atoms with E-state index in [2.05, 4.69) is 5.32 Å². The first-order valence-corrected chi connectivity index (χ1v) is 8.11. The Kier molecular flexibility index (Phi) is 4.55. The van der Waals surface area contributed by atoms with Gasteiger partial charge in [0, 0.05) is 0 Å². The molecule has 6 heteroatoms. The van der Waals surface area contributed by atoms with Gasteiger partial charge in [0.15, 0.2) is 0 Å². The average molecular weight is 342 g/mol. The first kappa shape index (κ1) is 17.1. The third-order valence-corrected chi connectivity index (χ3v) is 4.58. The number of hydrogen-bond acceptors (Lipinski definition) is 3. The van der Waals surface area contributed by atoms with Crippen molar-refractivity contribution in [1.82, 2.24) is 10.2 Å². The van der Waals surface area contributed by atoms with Gasteiger partial charge in [-0.15, -0.1) is 0 Å². The summed E-state index contributed by atoms with van der Waals surface area (Å²) in [6, 6.07) is 13.8. The Labute approximate surface area is 145 Å². The van der Waals surface area contributed by atoms with E-state index in [0.29, 0.717) is 17.5 Å². The van der Waals surface area contributed by atoms with Gasteiger partial charge < -0.3 is 10.4 Å². The number of nitrogens with one attached hydrogen (secondary N) is 1. The van der Waals surface area contributed by atoms with Crippen LogP contribution in [0, 0.1) is 5.82 Å². The summed E-state index contributed by atoms with van der Waals surface area (Å²) in [6.07, 6.45) is -0.655. The van der Waals surface area contributed by atoms with Crippen molar-refractivity contribution < 1.29 is 19.1 Å². The SMILES string of the molecule is CC[C@]1(c2ccc(F)cc2)NC(=O)N(C[C@@H](O)c2ccccc2)C1=O. The minimum Gasteiger partial charge on any atom is -0.387 e. The van der Waals surface area contributed by atoms with Gasteiger partial charge in [-0.3, -0.25) is 9.69 Å². The van der Waals surface area contributed by atoms with E-state index in [0.717, 1.165) is 4.90 Å². The van der Waals surface area contributed by atoms with Gasteiger partial charge in [0.1, 0.15) is 11.4 Å². The number of carbonyl (C=O) groups excluding carboxylic acids is 2. The van der Waals surface area contributed by atoms with Gasteiger partial charge >= 0.3 is 6.03 Å². The molecule has 0 bridgehead atoms. The molecule has 3 amide bonds. The third-order valence-electron chi connectivity index (χ3n) is 4.58. The number of aliphatic hydroxyl groups excluding tert-OH is 1. The molecule has 2 aromatic rings. The first-order valence-electron chi connectivity index (χ1n) is 8.11. The van der Waals surface area contributed by atoms with Crippen LogP contribution in [0.15, 0.2) is 54.6 Å². The first-order chi connectivity index (χ1) is 12.0. The Morgan fingerprint density at radius 1 is 1.12 bits per heavy atom. The molecule has 25 heavy (non-hydrogen) atoms. The van der Waals surface area contributed by atoms with E-state index in [9.17, 15) is 19.1 Å². The standard InChI is InChI=1S/C19H19FN2O3/c1-2-19(14-8-10-15(20)11-9-14)17(24)22(18(25)21-19)12-16(23)13-6-4-3-5-7-13/h3-11,16,23H,2,12H2,1H3,(H,21,25)/t16-,19-/m1/s1. The van der Waals surface area contributed by atoms with E-state index in [-0.39, 0.29) is 6.54 Å². The van der Waals surface area contributed by atoms with Crippen LogP contribution in [0.3, 0.4) is 0 Å². The summed E-state index contributed by atoms with van der Waals surface area (Å²) in [6.45, 7) is 1.64. The molecule has 2 aromatic carbocycles. The number of hydrogen-bond donors (Lipinski definition) is 2. The van der Waals surface area contributed by atoms with Gasteiger partial charge in [-0.05, 0) is 29.7 Å². The van der Waals surface area contributed by atoms with E-state index in [1.165, 1.54) is 24.3 Å². The summed E-state index contributed by atoms with van der Waals surface area (Å²) in [7, 11) is 0. The highest BCUT2D eigenvalue weighted by molar-refractivity contribution is 6.07. The summed E-state index contributed by atoms with van der Waals surface area (Å²) in [5.74, 6) is -0.857. The van der Waals surface area contributed by atoms with Crippen LogP contribution in [-0.4, -0.2) is 28.5 Å². The van der Waals surface area contributed by atoms with Crippen LogP contribution >= 0.6 is 0 Å². The fourth-order valence-electron chi connectivity index (χ4n) is 3.12. The lowest BCUT2D eigenvalue weighted by Crippen LogP contribution is -2.43. The van der Waals surface area contributed by atoms with Crippen LogP contribution in [0.2, 0.25) is 0 Å². The Morgan fingerprint density at radius 3 is 2.36 bits per heavy atom. The molecule has 3 rings (SSSR count). The van der Waals surface area contributed by atoms with Crippen molar-refractivity contribution in [3.63, 3.8) is 0 Å². The second kappa shape index (κ2) is 6.64. The molecular formula is C19H19FN2O3. The number of amides is 3. The molecule has 1 saturated heterocycles. The van der Waals surface area contributed by atoms with Crippen molar-refractivity contribution in [1.29, 1.82) is 0 Å². The summed E-state index contributed by atoms with van der Waals surface area (Å²) in [4.78, 5) is 26.4. The Bertz CT molecular complexity index is 779. The van der Waals surface area contributed by atoms with Crippen LogP contribution in [0.1, 0.15) is 30.6 Å². The number of benzene rings is 2. The smallest absolute Gasteiger partial charge is 0.325 e. The maximum Gasteiger partial charge on any atom is 0.325 e. The molecule has 130 valence electrons. The zero-order valence-corrected chi connectivity index (χ0v) is 13.8. The topological polar surface area (TPSA) is 69.6 Å². The van der Waals surface area contributed by atoms with E-state index in [4.69, 9.17) is 0 Å². The fourth-order valence-corrected chi connectivity index (χ4v) is 3.12. The molecular weight excluding hydrogens is 323 g/mol. The Morgan fingerprint density at radius 2 is 1.76 bits per heavy atom. The third kappa shape index (κ3) is 3.00. The molecule has 1 heterocycles. The number of carbonyl (C=O) groups is 2. The predicted molar refractivity (Wildman–Crippen MR) is 90.0 cm³/mol. The Hall–Kier alpha value is -2.73. The highest BCUT2D eigenvalue weighted by atomic mass is 19.1. The molecule has 0 spiro atoms. The monoisotopic (exact) mass is 342 g/mol. The molecule has 2 N–H and O–H groups in total. The van der Waals surface area contributed by atoms with Crippen molar-refractivity contribution >= 4 is 11.9 Å². The van der Waals surface area contributed by atoms with Gasteiger partial charge in [-0.1, -0.05) is 49.4 Å². The van der Waals surface area contributed by atoms with Crippen molar-refractivity contribution in [2.45, 2.75) is 25.0 Å². The van der Waals surface area contributed by atoms with Gasteiger partial charge in [-0.2, -0.15) is 0 Å². The fraction of sp³-hybridized carbons (Fsp3) is 0.263. The van der Waals surface area contributed by atoms with Crippen molar-refractivity contribution in [2.24, 2.45) is 0 Å². The maximum atomic E-state index is 13.2. The number of urea groups is 1. The lowest BCUT2D eigenvalue weighted by atomic mass is 9.87. The number of aliphatic hydroxyl groups is 1. The molecule has 1 aliphatic rings. The Balaban J connectivity index is 1.87. The second-order valence-electron chi connectivity index (χ2n) is 6.04. The largest absolute Gasteiger partial charge is 0.387 e. The molecule has 5 nitrogen and oxygen atoms in total. The predicted octanol–water partition coefficient (Wildman–Crippen LogP) is 2.72. The van der Waals surface area contributed by atoms with Gasteiger partial charge in [-0.25, -0.2) is 9.18 Å². The number of halogens is 1. The van der Waals surface area contributed by atoms with E-state index >= 15 is 0 Å². The lowest BCUT2D eigenvalue weighted by Gasteiger charge is -2.26. The highest BCUT2D eigenvalue weighted by Crippen LogP contribution is 2.33. The van der Waals surface area contributed by atoms with Crippen LogP contribution in [0.25, 0.3) is 0 Å². The van der Waals surface area contributed by atoms with Crippen LogP contribution in [0.5, 0.6) is 0 Å². The maximum absolute atomic E-state index is 13.2. The highest BCUT2D eigenvalue weighted by Gasteiger charge is 2.51. The van der Waals surface area contributed by atoms with Crippen molar-refractivity contribution in [2.75, 3.05) is 6.54 Å².